The Bertz CT molecular complexity index is 695. The lowest BCUT2D eigenvalue weighted by molar-refractivity contribution is 0.711. The summed E-state index contributed by atoms with van der Waals surface area (Å²) in [7, 11) is 3.13. The Balaban J connectivity index is 3.22. The molecule has 0 N–H and O–H groups in total. The zero-order chi connectivity index (χ0) is 12.0. The highest BCUT2D eigenvalue weighted by Crippen LogP contribution is 2.11. The minimum Gasteiger partial charge on any atom is -0.296 e. The normalized spacial score (nSPS) is 11.0. The molecule has 0 atom stereocenters. The first-order valence-electron chi connectivity index (χ1n) is 4.97. The highest BCUT2D eigenvalue weighted by Gasteiger charge is 2.11. The first-order chi connectivity index (χ1) is 7.43. The average Bonchev–Trinajstić information content (AvgIpc) is 2.22. The van der Waals surface area contributed by atoms with Crippen molar-refractivity contribution < 1.29 is 0 Å². The van der Waals surface area contributed by atoms with Crippen molar-refractivity contribution in [2.24, 2.45) is 14.1 Å². The van der Waals surface area contributed by atoms with Crippen molar-refractivity contribution in [3.63, 3.8) is 0 Å². The van der Waals surface area contributed by atoms with Gasteiger partial charge in [0.2, 0.25) is 0 Å². The Kier molecular flexibility index (Phi) is 2.18. The molecule has 5 heteroatoms. The van der Waals surface area contributed by atoms with Crippen LogP contribution < -0.4 is 11.2 Å². The van der Waals surface area contributed by atoms with E-state index in [4.69, 9.17) is 0 Å². The van der Waals surface area contributed by atoms with Crippen LogP contribution in [0.1, 0.15) is 11.4 Å². The molecule has 2 heterocycles. The summed E-state index contributed by atoms with van der Waals surface area (Å²) >= 11 is 0. The van der Waals surface area contributed by atoms with Crippen LogP contribution in [0.5, 0.6) is 0 Å². The molecule has 0 aliphatic rings. The molecule has 0 radical (unpaired) electrons. The maximum Gasteiger partial charge on any atom is 0.330 e. The third kappa shape index (κ3) is 1.28. The van der Waals surface area contributed by atoms with Gasteiger partial charge in [0.25, 0.3) is 5.56 Å². The molecule has 0 unspecified atom stereocenters. The van der Waals surface area contributed by atoms with Crippen molar-refractivity contribution in [3.8, 4) is 0 Å². The van der Waals surface area contributed by atoms with E-state index in [1.54, 1.807) is 20.0 Å². The van der Waals surface area contributed by atoms with E-state index in [1.807, 2.05) is 6.92 Å². The van der Waals surface area contributed by atoms with Crippen LogP contribution in [0.4, 0.5) is 0 Å². The van der Waals surface area contributed by atoms with Crippen molar-refractivity contribution in [3.05, 3.63) is 38.3 Å². The quantitative estimate of drug-likeness (QED) is 0.638. The van der Waals surface area contributed by atoms with E-state index in [0.29, 0.717) is 16.6 Å². The van der Waals surface area contributed by atoms with Crippen LogP contribution in [0.25, 0.3) is 10.9 Å². The predicted molar refractivity (Wildman–Crippen MR) is 61.7 cm³/mol. The molecule has 16 heavy (non-hydrogen) atoms. The second-order valence-electron chi connectivity index (χ2n) is 3.95. The molecule has 0 saturated heterocycles. The molecule has 2 rings (SSSR count). The summed E-state index contributed by atoms with van der Waals surface area (Å²) in [6.07, 6.45) is 0. The van der Waals surface area contributed by atoms with E-state index in [-0.39, 0.29) is 11.2 Å². The smallest absolute Gasteiger partial charge is 0.296 e. The molecule has 84 valence electrons. The van der Waals surface area contributed by atoms with Gasteiger partial charge in [0, 0.05) is 19.8 Å². The van der Waals surface area contributed by atoms with Crippen LogP contribution in [0.3, 0.4) is 0 Å². The Labute approximate surface area is 92.0 Å². The molecule has 0 bridgehead atoms. The molecule has 0 fully saturated rings. The van der Waals surface area contributed by atoms with Crippen LogP contribution >= 0.6 is 0 Å². The highest BCUT2D eigenvalue weighted by molar-refractivity contribution is 5.80. The van der Waals surface area contributed by atoms with E-state index in [9.17, 15) is 9.59 Å². The van der Waals surface area contributed by atoms with Crippen LogP contribution in [0, 0.1) is 13.8 Å². The number of aryl methyl sites for hydroxylation is 3. The fourth-order valence-electron chi connectivity index (χ4n) is 1.92. The van der Waals surface area contributed by atoms with Gasteiger partial charge in [-0.2, -0.15) is 0 Å². The maximum absolute atomic E-state index is 11.9. The summed E-state index contributed by atoms with van der Waals surface area (Å²) in [5.74, 6) is 0. The Morgan fingerprint density at radius 2 is 1.75 bits per heavy atom. The lowest BCUT2D eigenvalue weighted by Crippen LogP contribution is -2.37. The zero-order valence-corrected chi connectivity index (χ0v) is 9.74. The third-order valence-electron chi connectivity index (χ3n) is 2.76. The number of hydrogen-bond acceptors (Lipinski definition) is 3. The summed E-state index contributed by atoms with van der Waals surface area (Å²) in [5, 5.41) is 0.509. The summed E-state index contributed by atoms with van der Waals surface area (Å²) in [4.78, 5) is 27.9. The minimum absolute atomic E-state index is 0.289. The van der Waals surface area contributed by atoms with E-state index in [0.717, 1.165) is 10.3 Å². The number of nitrogens with zero attached hydrogens (tertiary/aromatic N) is 3. The van der Waals surface area contributed by atoms with Crippen molar-refractivity contribution in [1.29, 1.82) is 0 Å². The first-order valence-corrected chi connectivity index (χ1v) is 4.97. The Morgan fingerprint density at radius 1 is 1.12 bits per heavy atom. The van der Waals surface area contributed by atoms with Gasteiger partial charge in [-0.05, 0) is 19.9 Å². The Hall–Kier alpha value is -1.91. The van der Waals surface area contributed by atoms with Crippen LogP contribution in [-0.4, -0.2) is 14.1 Å². The maximum atomic E-state index is 11.9. The lowest BCUT2D eigenvalue weighted by atomic mass is 10.2. The number of aromatic nitrogens is 3. The van der Waals surface area contributed by atoms with Crippen LogP contribution in [0.2, 0.25) is 0 Å². The molecule has 0 aromatic carbocycles. The first kappa shape index (κ1) is 10.6. The minimum atomic E-state index is -0.317. The fourth-order valence-corrected chi connectivity index (χ4v) is 1.92. The van der Waals surface area contributed by atoms with Crippen molar-refractivity contribution in [1.82, 2.24) is 14.1 Å². The molecular weight excluding hydrogens is 206 g/mol. The molecule has 0 spiro atoms. The van der Waals surface area contributed by atoms with E-state index in [1.165, 1.54) is 11.6 Å². The van der Waals surface area contributed by atoms with Gasteiger partial charge in [-0.15, -0.1) is 0 Å². The van der Waals surface area contributed by atoms with E-state index < -0.39 is 0 Å². The van der Waals surface area contributed by atoms with Gasteiger partial charge in [0.1, 0.15) is 0 Å². The summed E-state index contributed by atoms with van der Waals surface area (Å²) in [5.41, 5.74) is 1.49. The van der Waals surface area contributed by atoms with Gasteiger partial charge in [-0.3, -0.25) is 18.9 Å². The van der Waals surface area contributed by atoms with Crippen molar-refractivity contribution in [2.45, 2.75) is 13.8 Å². The standard InChI is InChI=1S/C11H13N3O2/c1-6-5-8-9(7(2)12-6)10(15)14(4)11(16)13(8)3/h5H,1-4H3. The second kappa shape index (κ2) is 3.30. The monoisotopic (exact) mass is 219 g/mol. The molecule has 0 aliphatic heterocycles. The summed E-state index contributed by atoms with van der Waals surface area (Å²) < 4.78 is 2.57. The highest BCUT2D eigenvalue weighted by atomic mass is 16.2. The van der Waals surface area contributed by atoms with Gasteiger partial charge in [-0.1, -0.05) is 0 Å². The number of pyridine rings is 1. The lowest BCUT2D eigenvalue weighted by Gasteiger charge is -2.09. The molecule has 2 aromatic heterocycles. The van der Waals surface area contributed by atoms with Gasteiger partial charge in [-0.25, -0.2) is 4.79 Å². The molecule has 0 amide bonds. The topological polar surface area (TPSA) is 56.9 Å². The number of fused-ring (bicyclic) bond motifs is 1. The van der Waals surface area contributed by atoms with Gasteiger partial charge < -0.3 is 0 Å². The predicted octanol–water partition coefficient (Wildman–Crippen LogP) is 0.249. The summed E-state index contributed by atoms with van der Waals surface area (Å²) in [6, 6.07) is 1.76. The summed E-state index contributed by atoms with van der Waals surface area (Å²) in [6.45, 7) is 3.62. The second-order valence-corrected chi connectivity index (χ2v) is 3.95. The van der Waals surface area contributed by atoms with Gasteiger partial charge >= 0.3 is 5.69 Å². The van der Waals surface area contributed by atoms with Crippen molar-refractivity contribution in [2.75, 3.05) is 0 Å². The van der Waals surface area contributed by atoms with Crippen LogP contribution in [-0.2, 0) is 14.1 Å². The molecule has 0 saturated carbocycles. The molecule has 5 nitrogen and oxygen atoms in total. The largest absolute Gasteiger partial charge is 0.330 e. The molecule has 0 aliphatic carbocycles. The van der Waals surface area contributed by atoms with Gasteiger partial charge in [0.15, 0.2) is 0 Å². The third-order valence-corrected chi connectivity index (χ3v) is 2.76. The number of rotatable bonds is 0. The zero-order valence-electron chi connectivity index (χ0n) is 9.74. The number of hydrogen-bond donors (Lipinski definition) is 0. The fraction of sp³-hybridized carbons (Fsp3) is 0.364. The molecular formula is C11H13N3O2. The van der Waals surface area contributed by atoms with Crippen LogP contribution in [0.15, 0.2) is 15.7 Å². The van der Waals surface area contributed by atoms with E-state index in [2.05, 4.69) is 4.98 Å². The Morgan fingerprint density at radius 3 is 2.38 bits per heavy atom. The average molecular weight is 219 g/mol. The SMILES string of the molecule is Cc1cc2c(c(C)n1)c(=O)n(C)c(=O)n2C. The van der Waals surface area contributed by atoms with Crippen molar-refractivity contribution >= 4 is 10.9 Å². The molecule has 2 aromatic rings. The van der Waals surface area contributed by atoms with Gasteiger partial charge in [0.05, 0.1) is 16.6 Å². The van der Waals surface area contributed by atoms with E-state index >= 15 is 0 Å².